The van der Waals surface area contributed by atoms with Gasteiger partial charge < -0.3 is 5.32 Å². The van der Waals surface area contributed by atoms with Gasteiger partial charge in [0.1, 0.15) is 12.2 Å². The average molecular weight is 344 g/mol. The third-order valence-corrected chi connectivity index (χ3v) is 3.89. The molecule has 1 N–H and O–H groups in total. The molecule has 0 spiro atoms. The molecular formula is C17H14ClN3O3. The molecule has 1 aromatic heterocycles. The van der Waals surface area contributed by atoms with E-state index in [1.54, 1.807) is 12.1 Å². The van der Waals surface area contributed by atoms with Gasteiger partial charge in [0.15, 0.2) is 0 Å². The van der Waals surface area contributed by atoms with Crippen LogP contribution >= 0.6 is 11.6 Å². The van der Waals surface area contributed by atoms with Gasteiger partial charge in [-0.3, -0.25) is 24.3 Å². The van der Waals surface area contributed by atoms with Crippen molar-refractivity contribution < 1.29 is 14.4 Å². The van der Waals surface area contributed by atoms with Crippen molar-refractivity contribution in [3.63, 3.8) is 0 Å². The van der Waals surface area contributed by atoms with Crippen molar-refractivity contribution in [1.29, 1.82) is 0 Å². The van der Waals surface area contributed by atoms with Crippen LogP contribution in [0.25, 0.3) is 0 Å². The standard InChI is InChI=1S/C17H14ClN3O3/c18-12-4-1-3-11(9-12)6-8-19-14(22)10-21-16(23)13-5-2-7-20-15(13)17(21)24/h1-5,7,9H,6,8,10H2,(H,19,22). The van der Waals surface area contributed by atoms with Crippen LogP contribution in [0.2, 0.25) is 5.02 Å². The molecule has 0 atom stereocenters. The van der Waals surface area contributed by atoms with Crippen molar-refractivity contribution in [1.82, 2.24) is 15.2 Å². The summed E-state index contributed by atoms with van der Waals surface area (Å²) in [6.45, 7) is 0.0736. The molecule has 2 heterocycles. The SMILES string of the molecule is O=C(CN1C(=O)c2cccnc2C1=O)NCCc1cccc(Cl)c1. The van der Waals surface area contributed by atoms with Gasteiger partial charge in [-0.25, -0.2) is 0 Å². The Morgan fingerprint density at radius 2 is 2.00 bits per heavy atom. The maximum atomic E-state index is 12.1. The minimum atomic E-state index is -0.541. The zero-order valence-corrected chi connectivity index (χ0v) is 13.4. The minimum Gasteiger partial charge on any atom is -0.354 e. The zero-order chi connectivity index (χ0) is 17.1. The molecule has 2 aromatic rings. The van der Waals surface area contributed by atoms with E-state index >= 15 is 0 Å². The van der Waals surface area contributed by atoms with Gasteiger partial charge in [-0.2, -0.15) is 0 Å². The second kappa shape index (κ2) is 6.80. The van der Waals surface area contributed by atoms with Crippen molar-refractivity contribution in [2.24, 2.45) is 0 Å². The van der Waals surface area contributed by atoms with Gasteiger partial charge in [0.2, 0.25) is 5.91 Å². The van der Waals surface area contributed by atoms with Crippen LogP contribution < -0.4 is 5.32 Å². The third kappa shape index (κ3) is 3.28. The molecule has 3 amide bonds. The molecule has 7 heteroatoms. The highest BCUT2D eigenvalue weighted by Gasteiger charge is 2.37. The number of nitrogens with zero attached hydrogens (tertiary/aromatic N) is 2. The van der Waals surface area contributed by atoms with E-state index in [2.05, 4.69) is 10.3 Å². The van der Waals surface area contributed by atoms with Crippen molar-refractivity contribution >= 4 is 29.3 Å². The van der Waals surface area contributed by atoms with E-state index < -0.39 is 17.7 Å². The molecule has 24 heavy (non-hydrogen) atoms. The lowest BCUT2D eigenvalue weighted by atomic mass is 10.1. The highest BCUT2D eigenvalue weighted by atomic mass is 35.5. The normalized spacial score (nSPS) is 13.1. The van der Waals surface area contributed by atoms with Gasteiger partial charge in [-0.1, -0.05) is 23.7 Å². The summed E-state index contributed by atoms with van der Waals surface area (Å²) < 4.78 is 0. The number of benzene rings is 1. The highest BCUT2D eigenvalue weighted by molar-refractivity contribution is 6.30. The van der Waals surface area contributed by atoms with E-state index in [9.17, 15) is 14.4 Å². The van der Waals surface area contributed by atoms with Crippen LogP contribution in [-0.2, 0) is 11.2 Å². The summed E-state index contributed by atoms with van der Waals surface area (Å²) >= 11 is 5.90. The largest absolute Gasteiger partial charge is 0.354 e. The minimum absolute atomic E-state index is 0.0919. The first-order chi connectivity index (χ1) is 11.6. The predicted octanol–water partition coefficient (Wildman–Crippen LogP) is 1.69. The van der Waals surface area contributed by atoms with Gasteiger partial charge in [0.25, 0.3) is 11.8 Å². The maximum Gasteiger partial charge on any atom is 0.280 e. The van der Waals surface area contributed by atoms with Crippen LogP contribution in [0.4, 0.5) is 0 Å². The second-order valence-corrected chi connectivity index (χ2v) is 5.76. The summed E-state index contributed by atoms with van der Waals surface area (Å²) in [5.74, 6) is -1.43. The molecule has 0 saturated carbocycles. The lowest BCUT2D eigenvalue weighted by molar-refractivity contribution is -0.121. The Kier molecular flexibility index (Phi) is 4.57. The van der Waals surface area contributed by atoms with Gasteiger partial charge >= 0.3 is 0 Å². The van der Waals surface area contributed by atoms with E-state index in [0.29, 0.717) is 18.0 Å². The third-order valence-electron chi connectivity index (χ3n) is 3.66. The van der Waals surface area contributed by atoms with Crippen LogP contribution in [0.3, 0.4) is 0 Å². The van der Waals surface area contributed by atoms with Gasteiger partial charge in [0, 0.05) is 17.8 Å². The Morgan fingerprint density at radius 3 is 2.75 bits per heavy atom. The lowest BCUT2D eigenvalue weighted by Crippen LogP contribution is -2.40. The molecule has 1 aromatic carbocycles. The molecule has 1 aliphatic rings. The lowest BCUT2D eigenvalue weighted by Gasteiger charge is -2.13. The summed E-state index contributed by atoms with van der Waals surface area (Å²) in [7, 11) is 0. The molecule has 0 saturated heterocycles. The molecule has 0 radical (unpaired) electrons. The van der Waals surface area contributed by atoms with Crippen molar-refractivity contribution in [3.05, 3.63) is 64.4 Å². The number of halogens is 1. The smallest absolute Gasteiger partial charge is 0.280 e. The van der Waals surface area contributed by atoms with E-state index in [-0.39, 0.29) is 17.8 Å². The number of amides is 3. The molecule has 0 bridgehead atoms. The number of nitrogens with one attached hydrogen (secondary N) is 1. The number of aromatic nitrogens is 1. The summed E-state index contributed by atoms with van der Waals surface area (Å²) in [5, 5.41) is 3.33. The molecule has 122 valence electrons. The molecule has 3 rings (SSSR count). The summed E-state index contributed by atoms with van der Waals surface area (Å²) in [4.78, 5) is 41.1. The van der Waals surface area contributed by atoms with E-state index in [1.807, 2.05) is 18.2 Å². The first-order valence-corrected chi connectivity index (χ1v) is 7.76. The van der Waals surface area contributed by atoms with Gasteiger partial charge in [-0.05, 0) is 36.2 Å². The first kappa shape index (κ1) is 16.1. The number of carbonyl (C=O) groups excluding carboxylic acids is 3. The van der Waals surface area contributed by atoms with E-state index in [1.165, 1.54) is 12.3 Å². The Hall–Kier alpha value is -2.73. The Morgan fingerprint density at radius 1 is 1.17 bits per heavy atom. The van der Waals surface area contributed by atoms with Crippen molar-refractivity contribution in [3.8, 4) is 0 Å². The van der Waals surface area contributed by atoms with E-state index in [0.717, 1.165) is 10.5 Å². The molecular weight excluding hydrogens is 330 g/mol. The van der Waals surface area contributed by atoms with Gasteiger partial charge in [-0.15, -0.1) is 0 Å². The summed E-state index contributed by atoms with van der Waals surface area (Å²) in [6, 6.07) is 10.5. The second-order valence-electron chi connectivity index (χ2n) is 5.33. The topological polar surface area (TPSA) is 79.4 Å². The van der Waals surface area contributed by atoms with Crippen molar-refractivity contribution in [2.75, 3.05) is 13.1 Å². The highest BCUT2D eigenvalue weighted by Crippen LogP contribution is 2.19. The number of rotatable bonds is 5. The van der Waals surface area contributed by atoms with Crippen LogP contribution in [0.15, 0.2) is 42.6 Å². The van der Waals surface area contributed by atoms with Crippen LogP contribution in [0, 0.1) is 0 Å². The Labute approximate surface area is 143 Å². The molecule has 1 aliphatic heterocycles. The predicted molar refractivity (Wildman–Crippen MR) is 87.8 cm³/mol. The summed E-state index contributed by atoms with van der Waals surface area (Å²) in [5.41, 5.74) is 1.32. The average Bonchev–Trinajstić information content (AvgIpc) is 2.80. The first-order valence-electron chi connectivity index (χ1n) is 7.38. The van der Waals surface area contributed by atoms with E-state index in [4.69, 9.17) is 11.6 Å². The number of hydrogen-bond donors (Lipinski definition) is 1. The number of fused-ring (bicyclic) bond motifs is 1. The zero-order valence-electron chi connectivity index (χ0n) is 12.7. The van der Waals surface area contributed by atoms with Crippen LogP contribution in [-0.4, -0.2) is 40.7 Å². The van der Waals surface area contributed by atoms with Crippen molar-refractivity contribution in [2.45, 2.75) is 6.42 Å². The molecule has 0 aliphatic carbocycles. The number of hydrogen-bond acceptors (Lipinski definition) is 4. The fraction of sp³-hybridized carbons (Fsp3) is 0.176. The molecule has 0 unspecified atom stereocenters. The van der Waals surface area contributed by atoms with Gasteiger partial charge in [0.05, 0.1) is 5.56 Å². The summed E-state index contributed by atoms with van der Waals surface area (Å²) in [6.07, 6.45) is 2.05. The van der Waals surface area contributed by atoms with Crippen LogP contribution in [0.5, 0.6) is 0 Å². The Bertz CT molecular complexity index is 787. The fourth-order valence-electron chi connectivity index (χ4n) is 2.50. The number of pyridine rings is 1. The molecule has 0 fully saturated rings. The number of imide groups is 1. The molecule has 6 nitrogen and oxygen atoms in total. The fourth-order valence-corrected chi connectivity index (χ4v) is 2.71. The number of carbonyl (C=O) groups is 3. The quantitative estimate of drug-likeness (QED) is 0.838. The monoisotopic (exact) mass is 343 g/mol. The van der Waals surface area contributed by atoms with Crippen LogP contribution in [0.1, 0.15) is 26.4 Å². The maximum absolute atomic E-state index is 12.1. The Balaban J connectivity index is 1.54.